The van der Waals surface area contributed by atoms with Crippen LogP contribution in [0.5, 0.6) is 5.75 Å². The number of hydrogen-bond acceptors (Lipinski definition) is 5. The van der Waals surface area contributed by atoms with E-state index in [0.717, 1.165) is 12.1 Å². The van der Waals surface area contributed by atoms with Crippen LogP contribution < -0.4 is 5.32 Å². The number of piperazine rings is 1. The third-order valence-corrected chi connectivity index (χ3v) is 3.73. The number of rotatable bonds is 4. The summed E-state index contributed by atoms with van der Waals surface area (Å²) in [6, 6.07) is 0.597. The summed E-state index contributed by atoms with van der Waals surface area (Å²) >= 11 is 5.73. The first-order valence-corrected chi connectivity index (χ1v) is 6.70. The number of phenols is 1. The second kappa shape index (κ2) is 9.39. The first-order valence-electron chi connectivity index (χ1n) is 6.32. The van der Waals surface area contributed by atoms with E-state index in [2.05, 4.69) is 5.32 Å². The highest BCUT2D eigenvalue weighted by atomic mass is 35.5. The second-order valence-electron chi connectivity index (χ2n) is 4.65. The molecule has 0 bridgehead atoms. The first-order chi connectivity index (χ1) is 9.93. The van der Waals surface area contributed by atoms with Crippen LogP contribution in [0.3, 0.4) is 0 Å². The van der Waals surface area contributed by atoms with Crippen molar-refractivity contribution in [3.63, 3.8) is 0 Å². The Morgan fingerprint density at radius 2 is 1.87 bits per heavy atom. The molecular formula is C12H16Cl3F2N3O3. The van der Waals surface area contributed by atoms with Gasteiger partial charge < -0.3 is 10.4 Å². The molecule has 1 saturated heterocycles. The SMILES string of the molecule is Cl.Cl.O=[N+]([O-])c1ccc(Cl)c(O)c1[C@H](C(F)F)N1CCNCC1. The lowest BCUT2D eigenvalue weighted by Gasteiger charge is -2.34. The van der Waals surface area contributed by atoms with Crippen molar-refractivity contribution in [2.45, 2.75) is 12.5 Å². The summed E-state index contributed by atoms with van der Waals surface area (Å²) in [5, 5.41) is 23.9. The van der Waals surface area contributed by atoms with Crippen LogP contribution >= 0.6 is 36.4 Å². The molecule has 1 fully saturated rings. The average molecular weight is 395 g/mol. The summed E-state index contributed by atoms with van der Waals surface area (Å²) in [5.74, 6) is -0.658. The van der Waals surface area contributed by atoms with Crippen LogP contribution in [0, 0.1) is 10.1 Å². The molecule has 1 atom stereocenters. The van der Waals surface area contributed by atoms with Crippen LogP contribution in [-0.2, 0) is 0 Å². The number of alkyl halides is 2. The number of nitrogens with zero attached hydrogens (tertiary/aromatic N) is 2. The van der Waals surface area contributed by atoms with E-state index in [0.29, 0.717) is 26.2 Å². The number of aromatic hydroxyl groups is 1. The number of nitrogens with one attached hydrogen (secondary N) is 1. The van der Waals surface area contributed by atoms with Crippen molar-refractivity contribution in [1.82, 2.24) is 10.2 Å². The van der Waals surface area contributed by atoms with Gasteiger partial charge in [0.05, 0.1) is 15.5 Å². The lowest BCUT2D eigenvalue weighted by atomic mass is 10.0. The van der Waals surface area contributed by atoms with Crippen LogP contribution in [0.4, 0.5) is 14.5 Å². The van der Waals surface area contributed by atoms with E-state index in [1.54, 1.807) is 0 Å². The molecule has 1 aromatic carbocycles. The summed E-state index contributed by atoms with van der Waals surface area (Å²) in [7, 11) is 0. The third-order valence-electron chi connectivity index (χ3n) is 3.42. The molecule has 0 amide bonds. The minimum atomic E-state index is -2.88. The van der Waals surface area contributed by atoms with Crippen molar-refractivity contribution >= 4 is 42.1 Å². The van der Waals surface area contributed by atoms with Gasteiger partial charge in [0.2, 0.25) is 0 Å². The largest absolute Gasteiger partial charge is 0.506 e. The van der Waals surface area contributed by atoms with E-state index in [9.17, 15) is 24.0 Å². The van der Waals surface area contributed by atoms with Crippen LogP contribution in [0.25, 0.3) is 0 Å². The maximum Gasteiger partial charge on any atom is 0.278 e. The van der Waals surface area contributed by atoms with Crippen LogP contribution in [0.1, 0.15) is 11.6 Å². The number of halogens is 5. The standard InChI is InChI=1S/C12H14ClF2N3O3.2ClH/c13-7-1-2-8(18(20)21)9(11(7)19)10(12(14)15)17-5-3-16-4-6-17;;/h1-2,10,12,16,19H,3-6H2;2*1H/t10-;;/m1../s1. The van der Waals surface area contributed by atoms with Gasteiger partial charge in [0.1, 0.15) is 11.8 Å². The van der Waals surface area contributed by atoms with Gasteiger partial charge in [0.15, 0.2) is 0 Å². The van der Waals surface area contributed by atoms with Gasteiger partial charge >= 0.3 is 0 Å². The minimum absolute atomic E-state index is 0. The zero-order valence-corrected chi connectivity index (χ0v) is 14.1. The topological polar surface area (TPSA) is 78.6 Å². The Kier molecular flexibility index (Phi) is 9.01. The molecular weight excluding hydrogens is 379 g/mol. The van der Waals surface area contributed by atoms with Crippen molar-refractivity contribution in [3.8, 4) is 5.75 Å². The van der Waals surface area contributed by atoms with E-state index in [1.807, 2.05) is 0 Å². The van der Waals surface area contributed by atoms with Gasteiger partial charge in [-0.2, -0.15) is 0 Å². The molecule has 2 rings (SSSR count). The van der Waals surface area contributed by atoms with E-state index >= 15 is 0 Å². The maximum absolute atomic E-state index is 13.5. The van der Waals surface area contributed by atoms with Crippen LogP contribution in [0.2, 0.25) is 5.02 Å². The fourth-order valence-corrected chi connectivity index (χ4v) is 2.61. The zero-order valence-electron chi connectivity index (χ0n) is 11.7. The summed E-state index contributed by atoms with van der Waals surface area (Å²) in [6.45, 7) is 1.60. The minimum Gasteiger partial charge on any atom is -0.506 e. The summed E-state index contributed by atoms with van der Waals surface area (Å²) in [4.78, 5) is 11.7. The molecule has 11 heteroatoms. The van der Waals surface area contributed by atoms with Gasteiger partial charge in [0, 0.05) is 32.2 Å². The van der Waals surface area contributed by atoms with Gasteiger partial charge in [-0.15, -0.1) is 24.8 Å². The molecule has 1 aliphatic rings. The monoisotopic (exact) mass is 393 g/mol. The average Bonchev–Trinajstić information content (AvgIpc) is 2.44. The second-order valence-corrected chi connectivity index (χ2v) is 5.06. The predicted molar refractivity (Wildman–Crippen MR) is 87.5 cm³/mol. The van der Waals surface area contributed by atoms with E-state index in [-0.39, 0.29) is 29.8 Å². The molecule has 0 radical (unpaired) electrons. The fraction of sp³-hybridized carbons (Fsp3) is 0.500. The van der Waals surface area contributed by atoms with Crippen molar-refractivity contribution in [3.05, 3.63) is 32.8 Å². The molecule has 2 N–H and O–H groups in total. The number of hydrogen-bond donors (Lipinski definition) is 2. The molecule has 1 heterocycles. The molecule has 0 aliphatic carbocycles. The Bertz CT molecular complexity index is 546. The summed E-state index contributed by atoms with van der Waals surface area (Å²) in [5.41, 5.74) is -0.981. The smallest absolute Gasteiger partial charge is 0.278 e. The molecule has 1 aliphatic heterocycles. The number of benzene rings is 1. The first kappa shape index (κ1) is 22.1. The van der Waals surface area contributed by atoms with Gasteiger partial charge in [-0.1, -0.05) is 11.6 Å². The van der Waals surface area contributed by atoms with E-state index in [1.165, 1.54) is 4.90 Å². The van der Waals surface area contributed by atoms with Crippen LogP contribution in [-0.4, -0.2) is 47.5 Å². The van der Waals surface area contributed by atoms with Crippen molar-refractivity contribution in [1.29, 1.82) is 0 Å². The molecule has 1 aromatic rings. The fourth-order valence-electron chi connectivity index (χ4n) is 2.45. The highest BCUT2D eigenvalue weighted by Crippen LogP contribution is 2.43. The Morgan fingerprint density at radius 3 is 2.35 bits per heavy atom. The highest BCUT2D eigenvalue weighted by Gasteiger charge is 2.38. The molecule has 0 unspecified atom stereocenters. The molecule has 6 nitrogen and oxygen atoms in total. The summed E-state index contributed by atoms with van der Waals surface area (Å²) < 4.78 is 27.0. The number of phenolic OH excluding ortho intramolecular Hbond substituents is 1. The van der Waals surface area contributed by atoms with Crippen molar-refractivity contribution in [2.24, 2.45) is 0 Å². The maximum atomic E-state index is 13.5. The molecule has 132 valence electrons. The lowest BCUT2D eigenvalue weighted by Crippen LogP contribution is -2.47. The van der Waals surface area contributed by atoms with E-state index < -0.39 is 34.4 Å². The number of nitro benzene ring substituents is 1. The Morgan fingerprint density at radius 1 is 1.30 bits per heavy atom. The quantitative estimate of drug-likeness (QED) is 0.606. The van der Waals surface area contributed by atoms with Gasteiger partial charge in [-0.25, -0.2) is 8.78 Å². The molecule has 0 saturated carbocycles. The number of nitro groups is 1. The third kappa shape index (κ3) is 4.77. The normalized spacial score (nSPS) is 16.3. The van der Waals surface area contributed by atoms with Crippen LogP contribution in [0.15, 0.2) is 12.1 Å². The molecule has 23 heavy (non-hydrogen) atoms. The Balaban J connectivity index is 0.00000242. The van der Waals surface area contributed by atoms with Crippen molar-refractivity contribution in [2.75, 3.05) is 26.2 Å². The van der Waals surface area contributed by atoms with Gasteiger partial charge in [0.25, 0.3) is 12.1 Å². The van der Waals surface area contributed by atoms with Gasteiger partial charge in [-0.3, -0.25) is 15.0 Å². The molecule has 0 spiro atoms. The van der Waals surface area contributed by atoms with Crippen molar-refractivity contribution < 1.29 is 18.8 Å². The Hall–Kier alpha value is -0.930. The Labute approximate surface area is 148 Å². The highest BCUT2D eigenvalue weighted by molar-refractivity contribution is 6.32. The predicted octanol–water partition coefficient (Wildman–Crippen LogP) is 3.01. The zero-order chi connectivity index (χ0) is 15.6. The van der Waals surface area contributed by atoms with E-state index in [4.69, 9.17) is 11.6 Å². The van der Waals surface area contributed by atoms with Gasteiger partial charge in [-0.05, 0) is 6.07 Å². The summed E-state index contributed by atoms with van der Waals surface area (Å²) in [6.07, 6.45) is -2.88. The lowest BCUT2D eigenvalue weighted by molar-refractivity contribution is -0.386. The molecule has 0 aromatic heterocycles.